The minimum absolute atomic E-state index is 1.10. The Hall–Kier alpha value is -1.08. The average Bonchev–Trinajstić information content (AvgIpc) is 2.04. The number of quaternary nitrogens is 1. The first kappa shape index (κ1) is 8.02. The van der Waals surface area contributed by atoms with E-state index in [2.05, 4.69) is 24.8 Å². The second kappa shape index (κ2) is 3.35. The van der Waals surface area contributed by atoms with E-state index in [1.807, 2.05) is 25.1 Å². The van der Waals surface area contributed by atoms with Gasteiger partial charge in [0.15, 0.2) is 0 Å². The summed E-state index contributed by atoms with van der Waals surface area (Å²) in [6.07, 6.45) is 2.10. The molecule has 0 aliphatic rings. The van der Waals surface area contributed by atoms with Crippen LogP contribution in [-0.2, 0) is 0 Å². The number of hydrogen-bond acceptors (Lipinski definition) is 0. The molecule has 0 aliphatic heterocycles. The molecule has 0 saturated heterocycles. The third kappa shape index (κ3) is 1.69. The van der Waals surface area contributed by atoms with Gasteiger partial charge in [0, 0.05) is 5.56 Å². The molecular formula is C10H14N+. The molecule has 1 heteroatoms. The first-order chi connectivity index (χ1) is 5.25. The fourth-order valence-electron chi connectivity index (χ4n) is 1.06. The lowest BCUT2D eigenvalue weighted by Crippen LogP contribution is -2.41. The first-order valence-electron chi connectivity index (χ1n) is 3.80. The summed E-state index contributed by atoms with van der Waals surface area (Å²) in [6.45, 7) is 4.14. The van der Waals surface area contributed by atoms with Crippen LogP contribution in [0.1, 0.15) is 19.4 Å². The molecule has 1 aromatic rings. The van der Waals surface area contributed by atoms with Crippen molar-refractivity contribution in [1.82, 2.24) is 0 Å². The molecule has 0 bridgehead atoms. The summed E-state index contributed by atoms with van der Waals surface area (Å²) in [6, 6.07) is 8.17. The van der Waals surface area contributed by atoms with Crippen LogP contribution in [0, 0.1) is 0 Å². The maximum Gasteiger partial charge on any atom is 0.135 e. The SMILES string of the molecule is CC=C(C)c1ccccc1[NH3+]. The smallest absolute Gasteiger partial charge is 0.135 e. The predicted molar refractivity (Wildman–Crippen MR) is 48.3 cm³/mol. The van der Waals surface area contributed by atoms with Crippen molar-refractivity contribution in [2.45, 2.75) is 13.8 Å². The molecule has 0 atom stereocenters. The molecule has 0 saturated carbocycles. The standard InChI is InChI=1S/C10H13N/c1-3-8(2)9-6-4-5-7-10(9)11/h3-7H,11H2,1-2H3/p+1. The molecule has 1 nitrogen and oxygen atoms in total. The van der Waals surface area contributed by atoms with E-state index in [1.165, 1.54) is 11.1 Å². The molecule has 0 amide bonds. The summed E-state index contributed by atoms with van der Waals surface area (Å²) in [7, 11) is 0. The van der Waals surface area contributed by atoms with Crippen molar-refractivity contribution in [2.24, 2.45) is 0 Å². The van der Waals surface area contributed by atoms with Crippen LogP contribution < -0.4 is 5.73 Å². The van der Waals surface area contributed by atoms with Crippen molar-refractivity contribution in [3.8, 4) is 0 Å². The van der Waals surface area contributed by atoms with Gasteiger partial charge in [0.1, 0.15) is 5.69 Å². The van der Waals surface area contributed by atoms with Gasteiger partial charge in [-0.15, -0.1) is 0 Å². The number of benzene rings is 1. The highest BCUT2D eigenvalue weighted by Gasteiger charge is 2.00. The summed E-state index contributed by atoms with van der Waals surface area (Å²) in [5.74, 6) is 0. The van der Waals surface area contributed by atoms with Crippen LogP contribution in [0.15, 0.2) is 30.3 Å². The van der Waals surface area contributed by atoms with Crippen molar-refractivity contribution in [3.63, 3.8) is 0 Å². The lowest BCUT2D eigenvalue weighted by atomic mass is 10.1. The van der Waals surface area contributed by atoms with Gasteiger partial charge < -0.3 is 5.73 Å². The second-order valence-electron chi connectivity index (χ2n) is 2.63. The van der Waals surface area contributed by atoms with Crippen LogP contribution in [0.25, 0.3) is 5.57 Å². The molecule has 0 spiro atoms. The minimum atomic E-state index is 1.10. The maximum absolute atomic E-state index is 3.95. The highest BCUT2D eigenvalue weighted by atomic mass is 14.6. The zero-order chi connectivity index (χ0) is 8.27. The van der Waals surface area contributed by atoms with Crippen LogP contribution in [0.3, 0.4) is 0 Å². The van der Waals surface area contributed by atoms with Gasteiger partial charge in [-0.05, 0) is 31.6 Å². The monoisotopic (exact) mass is 148 g/mol. The Morgan fingerprint density at radius 3 is 2.55 bits per heavy atom. The largest absolute Gasteiger partial charge is 0.325 e. The summed E-state index contributed by atoms with van der Waals surface area (Å²) in [5.41, 5.74) is 7.58. The highest BCUT2D eigenvalue weighted by molar-refractivity contribution is 5.70. The minimum Gasteiger partial charge on any atom is -0.325 e. The normalized spacial score (nSPS) is 11.7. The predicted octanol–water partition coefficient (Wildman–Crippen LogP) is 1.98. The highest BCUT2D eigenvalue weighted by Crippen LogP contribution is 2.18. The Kier molecular flexibility index (Phi) is 2.44. The molecule has 0 aromatic heterocycles. The van der Waals surface area contributed by atoms with Crippen molar-refractivity contribution < 1.29 is 5.73 Å². The van der Waals surface area contributed by atoms with Crippen molar-refractivity contribution in [1.29, 1.82) is 0 Å². The van der Waals surface area contributed by atoms with Gasteiger partial charge in [-0.25, -0.2) is 0 Å². The van der Waals surface area contributed by atoms with Gasteiger partial charge in [0.25, 0.3) is 0 Å². The van der Waals surface area contributed by atoms with Crippen LogP contribution in [0.4, 0.5) is 5.69 Å². The Bertz CT molecular complexity index is 274. The lowest BCUT2D eigenvalue weighted by Gasteiger charge is -2.00. The number of rotatable bonds is 1. The summed E-state index contributed by atoms with van der Waals surface area (Å²) < 4.78 is 0. The number of allylic oxidation sites excluding steroid dienone is 2. The summed E-state index contributed by atoms with van der Waals surface area (Å²) in [4.78, 5) is 0. The van der Waals surface area contributed by atoms with E-state index in [1.54, 1.807) is 0 Å². The fraction of sp³-hybridized carbons (Fsp3) is 0.200. The van der Waals surface area contributed by atoms with Crippen LogP contribution >= 0.6 is 0 Å². The topological polar surface area (TPSA) is 27.6 Å². The van der Waals surface area contributed by atoms with Crippen molar-refractivity contribution >= 4 is 11.3 Å². The summed E-state index contributed by atoms with van der Waals surface area (Å²) in [5, 5.41) is 0. The fourth-order valence-corrected chi connectivity index (χ4v) is 1.06. The van der Waals surface area contributed by atoms with E-state index in [9.17, 15) is 0 Å². The first-order valence-corrected chi connectivity index (χ1v) is 3.80. The van der Waals surface area contributed by atoms with Gasteiger partial charge >= 0.3 is 0 Å². The van der Waals surface area contributed by atoms with E-state index in [4.69, 9.17) is 0 Å². The average molecular weight is 148 g/mol. The molecule has 0 fully saturated rings. The Morgan fingerprint density at radius 2 is 2.00 bits per heavy atom. The number of hydrogen-bond donors (Lipinski definition) is 1. The third-order valence-corrected chi connectivity index (χ3v) is 1.88. The van der Waals surface area contributed by atoms with E-state index >= 15 is 0 Å². The van der Waals surface area contributed by atoms with E-state index < -0.39 is 0 Å². The van der Waals surface area contributed by atoms with E-state index in [0.717, 1.165) is 5.69 Å². The van der Waals surface area contributed by atoms with Crippen LogP contribution in [-0.4, -0.2) is 0 Å². The third-order valence-electron chi connectivity index (χ3n) is 1.88. The summed E-state index contributed by atoms with van der Waals surface area (Å²) >= 11 is 0. The molecular weight excluding hydrogens is 134 g/mol. The second-order valence-corrected chi connectivity index (χ2v) is 2.63. The van der Waals surface area contributed by atoms with Crippen molar-refractivity contribution in [3.05, 3.63) is 35.9 Å². The molecule has 11 heavy (non-hydrogen) atoms. The Morgan fingerprint density at radius 1 is 1.36 bits per heavy atom. The molecule has 58 valence electrons. The van der Waals surface area contributed by atoms with Gasteiger partial charge in [0.2, 0.25) is 0 Å². The van der Waals surface area contributed by atoms with E-state index in [-0.39, 0.29) is 0 Å². The maximum atomic E-state index is 3.95. The Labute approximate surface area is 67.5 Å². The van der Waals surface area contributed by atoms with Crippen LogP contribution in [0.2, 0.25) is 0 Å². The molecule has 0 aliphatic carbocycles. The Balaban J connectivity index is 3.14. The van der Waals surface area contributed by atoms with E-state index in [0.29, 0.717) is 0 Å². The molecule has 3 N–H and O–H groups in total. The van der Waals surface area contributed by atoms with Gasteiger partial charge in [0.05, 0.1) is 0 Å². The lowest BCUT2D eigenvalue weighted by molar-refractivity contribution is -0.255. The molecule has 0 unspecified atom stereocenters. The molecule has 1 aromatic carbocycles. The quantitative estimate of drug-likeness (QED) is 0.630. The zero-order valence-electron chi connectivity index (χ0n) is 7.09. The van der Waals surface area contributed by atoms with Crippen molar-refractivity contribution in [2.75, 3.05) is 0 Å². The molecule has 0 radical (unpaired) electrons. The van der Waals surface area contributed by atoms with Crippen LogP contribution in [0.5, 0.6) is 0 Å². The van der Waals surface area contributed by atoms with Gasteiger partial charge in [-0.3, -0.25) is 0 Å². The zero-order valence-corrected chi connectivity index (χ0v) is 7.09. The van der Waals surface area contributed by atoms with Gasteiger partial charge in [-0.1, -0.05) is 18.2 Å². The molecule has 1 rings (SSSR count). The molecule has 0 heterocycles. The van der Waals surface area contributed by atoms with Gasteiger partial charge in [-0.2, -0.15) is 0 Å².